The van der Waals surface area contributed by atoms with Crippen molar-refractivity contribution in [2.24, 2.45) is 5.73 Å². The van der Waals surface area contributed by atoms with Gasteiger partial charge in [0.15, 0.2) is 6.61 Å². The van der Waals surface area contributed by atoms with Crippen molar-refractivity contribution in [3.05, 3.63) is 35.9 Å². The molecule has 0 radical (unpaired) electrons. The second kappa shape index (κ2) is 9.17. The van der Waals surface area contributed by atoms with Gasteiger partial charge in [0.2, 0.25) is 5.91 Å². The fourth-order valence-corrected chi connectivity index (χ4v) is 1.46. The maximum absolute atomic E-state index is 11.5. The largest absolute Gasteiger partial charge is 0.497 e. The summed E-state index contributed by atoms with van der Waals surface area (Å²) in [6, 6.07) is 7.19. The number of rotatable bonds is 8. The van der Waals surface area contributed by atoms with E-state index < -0.39 is 18.5 Å². The Morgan fingerprint density at radius 1 is 1.23 bits per heavy atom. The first-order valence-corrected chi connectivity index (χ1v) is 6.55. The van der Waals surface area contributed by atoms with Gasteiger partial charge in [-0.3, -0.25) is 14.4 Å². The van der Waals surface area contributed by atoms with Gasteiger partial charge in [-0.25, -0.2) is 0 Å². The number of nitrogens with two attached hydrogens (primary N) is 1. The summed E-state index contributed by atoms with van der Waals surface area (Å²) in [5.74, 6) is -0.923. The molecule has 1 rings (SSSR count). The van der Waals surface area contributed by atoms with Gasteiger partial charge in [0.25, 0.3) is 5.91 Å². The number of carbonyl (C=O) groups is 3. The number of amides is 2. The summed E-state index contributed by atoms with van der Waals surface area (Å²) in [5, 5.41) is 2.53. The number of carbonyl (C=O) groups excluding carboxylic acids is 3. The zero-order valence-electron chi connectivity index (χ0n) is 12.2. The van der Waals surface area contributed by atoms with E-state index in [9.17, 15) is 14.4 Å². The fraction of sp³-hybridized carbons (Fsp3) is 0.267. The van der Waals surface area contributed by atoms with Crippen molar-refractivity contribution in [2.75, 3.05) is 20.3 Å². The minimum atomic E-state index is -0.722. The molecule has 0 saturated carbocycles. The Labute approximate surface area is 128 Å². The first-order chi connectivity index (χ1) is 10.5. The minimum Gasteiger partial charge on any atom is -0.497 e. The molecule has 0 aliphatic carbocycles. The number of esters is 1. The van der Waals surface area contributed by atoms with Crippen LogP contribution in [0.4, 0.5) is 0 Å². The Morgan fingerprint density at radius 3 is 2.50 bits per heavy atom. The first-order valence-electron chi connectivity index (χ1n) is 6.55. The minimum absolute atomic E-state index is 0.0323. The second-order valence-electron chi connectivity index (χ2n) is 4.27. The number of ether oxygens (including phenoxy) is 2. The lowest BCUT2D eigenvalue weighted by Gasteiger charge is -2.03. The molecule has 1 aromatic carbocycles. The van der Waals surface area contributed by atoms with Crippen molar-refractivity contribution in [1.29, 1.82) is 0 Å². The maximum Gasteiger partial charge on any atom is 0.308 e. The first kappa shape index (κ1) is 17.2. The summed E-state index contributed by atoms with van der Waals surface area (Å²) in [6.45, 7) is -0.340. The molecule has 2 amide bonds. The van der Waals surface area contributed by atoms with Gasteiger partial charge in [-0.1, -0.05) is 12.1 Å². The molecule has 0 aliphatic rings. The predicted molar refractivity (Wildman–Crippen MR) is 79.8 cm³/mol. The quantitative estimate of drug-likeness (QED) is 0.528. The highest BCUT2D eigenvalue weighted by Gasteiger charge is 2.05. The van der Waals surface area contributed by atoms with E-state index in [2.05, 4.69) is 10.1 Å². The van der Waals surface area contributed by atoms with Crippen LogP contribution < -0.4 is 15.8 Å². The lowest BCUT2D eigenvalue weighted by Crippen LogP contribution is -2.26. The predicted octanol–water partition coefficient (Wildman–Crippen LogP) is 0.243. The topological polar surface area (TPSA) is 108 Å². The summed E-state index contributed by atoms with van der Waals surface area (Å²) < 4.78 is 9.57. The molecule has 0 spiro atoms. The van der Waals surface area contributed by atoms with Gasteiger partial charge in [-0.05, 0) is 23.8 Å². The van der Waals surface area contributed by atoms with E-state index in [0.29, 0.717) is 0 Å². The average Bonchev–Trinajstić information content (AvgIpc) is 2.51. The monoisotopic (exact) mass is 306 g/mol. The number of hydrogen-bond acceptors (Lipinski definition) is 5. The van der Waals surface area contributed by atoms with Crippen molar-refractivity contribution in [3.8, 4) is 5.75 Å². The van der Waals surface area contributed by atoms with Crippen LogP contribution in [-0.2, 0) is 19.1 Å². The molecule has 0 unspecified atom stereocenters. The smallest absolute Gasteiger partial charge is 0.308 e. The fourth-order valence-electron chi connectivity index (χ4n) is 1.46. The summed E-state index contributed by atoms with van der Waals surface area (Å²) in [7, 11) is 1.58. The molecule has 0 saturated heterocycles. The Morgan fingerprint density at radius 2 is 1.91 bits per heavy atom. The van der Waals surface area contributed by atoms with Crippen LogP contribution in [0.5, 0.6) is 5.75 Å². The Bertz CT molecular complexity index is 552. The molecule has 0 atom stereocenters. The average molecular weight is 306 g/mol. The van der Waals surface area contributed by atoms with Gasteiger partial charge >= 0.3 is 5.97 Å². The number of primary amides is 1. The highest BCUT2D eigenvalue weighted by molar-refractivity contribution is 5.91. The zero-order valence-corrected chi connectivity index (χ0v) is 12.2. The van der Waals surface area contributed by atoms with E-state index in [1.165, 1.54) is 6.08 Å². The summed E-state index contributed by atoms with van der Waals surface area (Å²) in [6.07, 6.45) is 2.96. The maximum atomic E-state index is 11.5. The molecular weight excluding hydrogens is 288 g/mol. The number of hydrogen-bond donors (Lipinski definition) is 2. The van der Waals surface area contributed by atoms with Crippen LogP contribution in [-0.4, -0.2) is 38.0 Å². The van der Waals surface area contributed by atoms with Gasteiger partial charge in [0, 0.05) is 12.6 Å². The molecule has 0 bridgehead atoms. The molecule has 118 valence electrons. The second-order valence-corrected chi connectivity index (χ2v) is 4.27. The van der Waals surface area contributed by atoms with Crippen LogP contribution in [0.1, 0.15) is 12.0 Å². The van der Waals surface area contributed by atoms with Crippen molar-refractivity contribution in [1.82, 2.24) is 5.32 Å². The number of methoxy groups -OCH3 is 1. The molecule has 0 fully saturated rings. The van der Waals surface area contributed by atoms with E-state index in [1.807, 2.05) is 12.1 Å². The van der Waals surface area contributed by atoms with E-state index >= 15 is 0 Å². The van der Waals surface area contributed by atoms with Crippen molar-refractivity contribution in [3.63, 3.8) is 0 Å². The molecule has 7 heteroatoms. The molecule has 0 aliphatic heterocycles. The summed E-state index contributed by atoms with van der Waals surface area (Å²) in [5.41, 5.74) is 5.67. The third-order valence-electron chi connectivity index (χ3n) is 2.55. The van der Waals surface area contributed by atoms with E-state index in [-0.39, 0.29) is 18.9 Å². The van der Waals surface area contributed by atoms with E-state index in [0.717, 1.165) is 11.3 Å². The Kier molecular flexibility index (Phi) is 7.18. The Hall–Kier alpha value is -2.83. The van der Waals surface area contributed by atoms with Crippen molar-refractivity contribution >= 4 is 23.9 Å². The molecule has 3 N–H and O–H groups in total. The molecular formula is C15H18N2O5. The molecule has 1 aromatic rings. The van der Waals surface area contributed by atoms with Crippen LogP contribution in [0.25, 0.3) is 6.08 Å². The third kappa shape index (κ3) is 7.09. The Balaban J connectivity index is 2.29. The molecule has 22 heavy (non-hydrogen) atoms. The number of nitrogens with one attached hydrogen (secondary N) is 1. The molecule has 0 heterocycles. The number of benzene rings is 1. The van der Waals surface area contributed by atoms with Gasteiger partial charge in [-0.15, -0.1) is 0 Å². The zero-order chi connectivity index (χ0) is 16.4. The van der Waals surface area contributed by atoms with Gasteiger partial charge < -0.3 is 20.5 Å². The van der Waals surface area contributed by atoms with E-state index in [1.54, 1.807) is 25.3 Å². The normalized spacial score (nSPS) is 10.2. The van der Waals surface area contributed by atoms with Crippen LogP contribution in [0.2, 0.25) is 0 Å². The van der Waals surface area contributed by atoms with Crippen molar-refractivity contribution < 1.29 is 23.9 Å². The van der Waals surface area contributed by atoms with Gasteiger partial charge in [0.1, 0.15) is 5.75 Å². The molecule has 7 nitrogen and oxygen atoms in total. The lowest BCUT2D eigenvalue weighted by atomic mass is 10.2. The highest BCUT2D eigenvalue weighted by atomic mass is 16.5. The van der Waals surface area contributed by atoms with E-state index in [4.69, 9.17) is 10.5 Å². The van der Waals surface area contributed by atoms with Crippen LogP contribution >= 0.6 is 0 Å². The third-order valence-corrected chi connectivity index (χ3v) is 2.55. The van der Waals surface area contributed by atoms with Gasteiger partial charge in [-0.2, -0.15) is 0 Å². The summed E-state index contributed by atoms with van der Waals surface area (Å²) >= 11 is 0. The lowest BCUT2D eigenvalue weighted by molar-refractivity contribution is -0.147. The standard InChI is InChI=1S/C15H18N2O5/c1-21-12-5-2-11(3-6-12)4-7-14(19)17-9-8-15(20)22-10-13(16)18/h2-7H,8-10H2,1H3,(H2,16,18)(H,17,19)/b7-4+. The van der Waals surface area contributed by atoms with Crippen LogP contribution in [0.3, 0.4) is 0 Å². The highest BCUT2D eigenvalue weighted by Crippen LogP contribution is 2.12. The molecule has 0 aromatic heterocycles. The summed E-state index contributed by atoms with van der Waals surface area (Å²) in [4.78, 5) is 33.1. The SMILES string of the molecule is COc1ccc(/C=C/C(=O)NCCC(=O)OCC(N)=O)cc1. The van der Waals surface area contributed by atoms with Crippen LogP contribution in [0.15, 0.2) is 30.3 Å². The van der Waals surface area contributed by atoms with Gasteiger partial charge in [0.05, 0.1) is 13.5 Å². The van der Waals surface area contributed by atoms with Crippen LogP contribution in [0, 0.1) is 0 Å². The van der Waals surface area contributed by atoms with Crippen molar-refractivity contribution in [2.45, 2.75) is 6.42 Å².